The van der Waals surface area contributed by atoms with Crippen molar-refractivity contribution in [2.45, 2.75) is 45.4 Å². The van der Waals surface area contributed by atoms with Gasteiger partial charge in [0.25, 0.3) is 0 Å². The number of hydrogen-bond donors (Lipinski definition) is 1. The number of nitrogens with zero attached hydrogens (tertiary/aromatic N) is 1. The van der Waals surface area contributed by atoms with Gasteiger partial charge in [-0.2, -0.15) is 0 Å². The Bertz CT molecular complexity index is 432. The van der Waals surface area contributed by atoms with Gasteiger partial charge < -0.3 is 15.0 Å². The van der Waals surface area contributed by atoms with Gasteiger partial charge in [0.15, 0.2) is 0 Å². The van der Waals surface area contributed by atoms with E-state index in [1.54, 1.807) is 0 Å². The van der Waals surface area contributed by atoms with Gasteiger partial charge >= 0.3 is 0 Å². The van der Waals surface area contributed by atoms with E-state index in [4.69, 9.17) is 4.74 Å². The van der Waals surface area contributed by atoms with Crippen LogP contribution in [-0.4, -0.2) is 32.3 Å². The van der Waals surface area contributed by atoms with Crippen LogP contribution in [0.3, 0.4) is 0 Å². The van der Waals surface area contributed by atoms with E-state index in [1.165, 1.54) is 24.1 Å². The number of anilines is 1. The normalized spacial score (nSPS) is 14.8. The molecular formula is C16H25BrN2O. The lowest BCUT2D eigenvalue weighted by Crippen LogP contribution is -2.26. The largest absolute Gasteiger partial charge is 0.377 e. The zero-order valence-corrected chi connectivity index (χ0v) is 14.2. The smallest absolute Gasteiger partial charge is 0.0644 e. The van der Waals surface area contributed by atoms with E-state index in [0.717, 1.165) is 30.2 Å². The summed E-state index contributed by atoms with van der Waals surface area (Å²) in [5.41, 5.74) is 2.63. The van der Waals surface area contributed by atoms with Crippen LogP contribution in [0.25, 0.3) is 0 Å². The summed E-state index contributed by atoms with van der Waals surface area (Å²) >= 11 is 3.57. The maximum atomic E-state index is 5.64. The van der Waals surface area contributed by atoms with Crippen LogP contribution in [0.2, 0.25) is 0 Å². The van der Waals surface area contributed by atoms with E-state index in [-0.39, 0.29) is 0 Å². The van der Waals surface area contributed by atoms with E-state index >= 15 is 0 Å². The molecule has 0 bridgehead atoms. The Balaban J connectivity index is 1.96. The number of hydrogen-bond acceptors (Lipinski definition) is 3. The van der Waals surface area contributed by atoms with Crippen molar-refractivity contribution in [2.75, 3.05) is 25.1 Å². The number of likely N-dealkylation sites (N-methyl/N-ethyl adjacent to an activating group) is 1. The standard InChI is InChI=1S/C16H25BrN2O/c1-12(2)20-9-8-19(3)16-10-14(17)5-4-13(16)11-18-15-6-7-15/h4-5,10,12,15,18H,6-9,11H2,1-3H3. The van der Waals surface area contributed by atoms with E-state index < -0.39 is 0 Å². The van der Waals surface area contributed by atoms with Gasteiger partial charge in [0.1, 0.15) is 0 Å². The van der Waals surface area contributed by atoms with Gasteiger partial charge in [-0.15, -0.1) is 0 Å². The quantitative estimate of drug-likeness (QED) is 0.782. The first kappa shape index (κ1) is 15.8. The fraction of sp³-hybridized carbons (Fsp3) is 0.625. The van der Waals surface area contributed by atoms with Crippen LogP contribution in [0.5, 0.6) is 0 Å². The maximum Gasteiger partial charge on any atom is 0.0644 e. The summed E-state index contributed by atoms with van der Waals surface area (Å²) < 4.78 is 6.77. The molecule has 0 unspecified atom stereocenters. The highest BCUT2D eigenvalue weighted by Gasteiger charge is 2.20. The second-order valence-corrected chi connectivity index (χ2v) is 6.68. The minimum atomic E-state index is 0.293. The van der Waals surface area contributed by atoms with Gasteiger partial charge in [-0.25, -0.2) is 0 Å². The number of nitrogens with one attached hydrogen (secondary N) is 1. The fourth-order valence-corrected chi connectivity index (χ4v) is 2.48. The summed E-state index contributed by atoms with van der Waals surface area (Å²) in [6.45, 7) is 6.76. The molecule has 112 valence electrons. The van der Waals surface area contributed by atoms with Crippen molar-refractivity contribution in [2.24, 2.45) is 0 Å². The molecule has 3 nitrogen and oxygen atoms in total. The Morgan fingerprint density at radius 3 is 2.80 bits per heavy atom. The first-order valence-electron chi connectivity index (χ1n) is 7.41. The summed E-state index contributed by atoms with van der Waals surface area (Å²) in [5, 5.41) is 3.59. The summed E-state index contributed by atoms with van der Waals surface area (Å²) in [6.07, 6.45) is 2.94. The van der Waals surface area contributed by atoms with Crippen molar-refractivity contribution in [1.82, 2.24) is 5.32 Å². The molecule has 1 aromatic carbocycles. The summed E-state index contributed by atoms with van der Waals surface area (Å²) in [5.74, 6) is 0. The Kier molecular flexibility index (Phi) is 5.87. The van der Waals surface area contributed by atoms with Crippen LogP contribution in [-0.2, 0) is 11.3 Å². The minimum absolute atomic E-state index is 0.293. The molecule has 1 aliphatic carbocycles. The zero-order chi connectivity index (χ0) is 14.5. The first-order chi connectivity index (χ1) is 9.56. The molecule has 0 atom stereocenters. The van der Waals surface area contributed by atoms with Gasteiger partial charge in [-0.05, 0) is 44.4 Å². The van der Waals surface area contributed by atoms with Crippen molar-refractivity contribution in [3.05, 3.63) is 28.2 Å². The van der Waals surface area contributed by atoms with E-state index in [2.05, 4.69) is 65.2 Å². The zero-order valence-electron chi connectivity index (χ0n) is 12.7. The topological polar surface area (TPSA) is 24.5 Å². The van der Waals surface area contributed by atoms with Crippen molar-refractivity contribution in [3.63, 3.8) is 0 Å². The van der Waals surface area contributed by atoms with Crippen LogP contribution in [0.4, 0.5) is 5.69 Å². The molecule has 1 aromatic rings. The summed E-state index contributed by atoms with van der Waals surface area (Å²) in [6, 6.07) is 7.25. The van der Waals surface area contributed by atoms with E-state index in [9.17, 15) is 0 Å². The van der Waals surface area contributed by atoms with Crippen LogP contribution in [0, 0.1) is 0 Å². The van der Waals surface area contributed by atoms with Crippen LogP contribution in [0.15, 0.2) is 22.7 Å². The molecule has 1 N–H and O–H groups in total. The second-order valence-electron chi connectivity index (χ2n) is 5.77. The molecule has 1 fully saturated rings. The van der Waals surface area contributed by atoms with Gasteiger partial charge in [0, 0.05) is 36.3 Å². The Hall–Kier alpha value is -0.580. The van der Waals surface area contributed by atoms with E-state index in [0.29, 0.717) is 6.10 Å². The molecule has 1 aliphatic rings. The lowest BCUT2D eigenvalue weighted by Gasteiger charge is -2.23. The SMILES string of the molecule is CC(C)OCCN(C)c1cc(Br)ccc1CNC1CC1. The van der Waals surface area contributed by atoms with Gasteiger partial charge in [-0.1, -0.05) is 22.0 Å². The second kappa shape index (κ2) is 7.43. The van der Waals surface area contributed by atoms with Crippen LogP contribution in [0.1, 0.15) is 32.3 Å². The van der Waals surface area contributed by atoms with E-state index in [1.807, 2.05) is 0 Å². The third kappa shape index (κ3) is 5.08. The predicted molar refractivity (Wildman–Crippen MR) is 88.4 cm³/mol. The molecule has 0 spiro atoms. The molecule has 0 radical (unpaired) electrons. The number of halogens is 1. The molecular weight excluding hydrogens is 316 g/mol. The average Bonchev–Trinajstić information content (AvgIpc) is 3.20. The highest BCUT2D eigenvalue weighted by atomic mass is 79.9. The van der Waals surface area contributed by atoms with Crippen molar-refractivity contribution >= 4 is 21.6 Å². The van der Waals surface area contributed by atoms with Gasteiger partial charge in [0.05, 0.1) is 12.7 Å². The molecule has 0 saturated heterocycles. The minimum Gasteiger partial charge on any atom is -0.377 e. The number of rotatable bonds is 8. The number of ether oxygens (including phenoxy) is 1. The molecule has 0 amide bonds. The Labute approximate surface area is 130 Å². The van der Waals surface area contributed by atoms with Crippen molar-refractivity contribution in [3.8, 4) is 0 Å². The molecule has 2 rings (SSSR count). The average molecular weight is 341 g/mol. The fourth-order valence-electron chi connectivity index (χ4n) is 2.13. The van der Waals surface area contributed by atoms with Crippen LogP contribution < -0.4 is 10.2 Å². The summed E-state index contributed by atoms with van der Waals surface area (Å²) in [7, 11) is 2.13. The molecule has 0 aromatic heterocycles. The maximum absolute atomic E-state index is 5.64. The lowest BCUT2D eigenvalue weighted by atomic mass is 10.1. The van der Waals surface area contributed by atoms with Crippen LogP contribution >= 0.6 is 15.9 Å². The molecule has 20 heavy (non-hydrogen) atoms. The highest BCUT2D eigenvalue weighted by Crippen LogP contribution is 2.26. The highest BCUT2D eigenvalue weighted by molar-refractivity contribution is 9.10. The predicted octanol–water partition coefficient (Wildman–Crippen LogP) is 3.56. The molecule has 4 heteroatoms. The molecule has 0 heterocycles. The monoisotopic (exact) mass is 340 g/mol. The van der Waals surface area contributed by atoms with Gasteiger partial charge in [0.2, 0.25) is 0 Å². The third-order valence-electron chi connectivity index (χ3n) is 3.50. The van der Waals surface area contributed by atoms with Gasteiger partial charge in [-0.3, -0.25) is 0 Å². The Morgan fingerprint density at radius 1 is 1.40 bits per heavy atom. The van der Waals surface area contributed by atoms with Crippen molar-refractivity contribution in [1.29, 1.82) is 0 Å². The lowest BCUT2D eigenvalue weighted by molar-refractivity contribution is 0.0846. The molecule has 1 saturated carbocycles. The first-order valence-corrected chi connectivity index (χ1v) is 8.20. The van der Waals surface area contributed by atoms with Crippen molar-refractivity contribution < 1.29 is 4.74 Å². The number of benzene rings is 1. The molecule has 0 aliphatic heterocycles. The Morgan fingerprint density at radius 2 is 2.15 bits per heavy atom. The summed E-state index contributed by atoms with van der Waals surface area (Å²) in [4.78, 5) is 2.27. The third-order valence-corrected chi connectivity index (χ3v) is 3.99.